The summed E-state index contributed by atoms with van der Waals surface area (Å²) in [5, 5.41) is 18.0. The zero-order valence-corrected chi connectivity index (χ0v) is 11.8. The van der Waals surface area contributed by atoms with E-state index < -0.39 is 0 Å². The molecule has 2 atom stereocenters. The minimum Gasteiger partial charge on any atom is -0.396 e. The number of hydrogen-bond donors (Lipinski definition) is 1. The number of fused-ring (bicyclic) bond motifs is 1. The molecule has 2 unspecified atom stereocenters. The van der Waals surface area contributed by atoms with Gasteiger partial charge >= 0.3 is 0 Å². The number of hydrogen-bond acceptors (Lipinski definition) is 4. The van der Waals surface area contributed by atoms with Crippen molar-refractivity contribution in [2.45, 2.75) is 45.7 Å². The van der Waals surface area contributed by atoms with Gasteiger partial charge in [-0.05, 0) is 18.8 Å². The van der Waals surface area contributed by atoms with Crippen molar-refractivity contribution >= 4 is 0 Å². The highest BCUT2D eigenvalue weighted by Crippen LogP contribution is 2.40. The molecule has 0 spiro atoms. The maximum Gasteiger partial charge on any atom is 0.147 e. The van der Waals surface area contributed by atoms with E-state index in [1.807, 2.05) is 6.33 Å². The molecule has 2 heterocycles. The molecule has 106 valence electrons. The Kier molecular flexibility index (Phi) is 3.58. The molecule has 3 rings (SSSR count). The maximum atomic E-state index is 9.89. The Hall–Kier alpha value is -0.940. The lowest BCUT2D eigenvalue weighted by Gasteiger charge is -2.43. The molecular weight excluding hydrogens is 240 g/mol. The largest absolute Gasteiger partial charge is 0.396 e. The Balaban J connectivity index is 1.67. The van der Waals surface area contributed by atoms with E-state index in [2.05, 4.69) is 26.6 Å². The van der Waals surface area contributed by atoms with Gasteiger partial charge in [-0.15, -0.1) is 10.2 Å². The first kappa shape index (κ1) is 13.1. The Labute approximate surface area is 114 Å². The number of nitrogens with zero attached hydrogens (tertiary/aromatic N) is 4. The van der Waals surface area contributed by atoms with Crippen molar-refractivity contribution in [3.8, 4) is 0 Å². The van der Waals surface area contributed by atoms with Gasteiger partial charge < -0.3 is 9.67 Å². The van der Waals surface area contributed by atoms with Gasteiger partial charge in [0.05, 0.1) is 6.54 Å². The second-order valence-electron chi connectivity index (χ2n) is 6.51. The van der Waals surface area contributed by atoms with Crippen LogP contribution in [0.5, 0.6) is 0 Å². The van der Waals surface area contributed by atoms with Crippen LogP contribution in [0.25, 0.3) is 0 Å². The van der Waals surface area contributed by atoms with E-state index in [0.717, 1.165) is 50.8 Å². The lowest BCUT2D eigenvalue weighted by molar-refractivity contribution is 0.0158. The molecule has 5 nitrogen and oxygen atoms in total. The highest BCUT2D eigenvalue weighted by atomic mass is 16.3. The SMILES string of the molecule is CC1CCCC(CO)(CN2CCn3cnnc3C2)C1. The topological polar surface area (TPSA) is 54.2 Å². The summed E-state index contributed by atoms with van der Waals surface area (Å²) in [4.78, 5) is 2.44. The molecule has 5 heteroatoms. The average molecular weight is 264 g/mol. The van der Waals surface area contributed by atoms with E-state index in [4.69, 9.17) is 0 Å². The standard InChI is InChI=1S/C14H24N4O/c1-12-3-2-4-14(7-12,10-19)9-17-5-6-18-11-15-16-13(18)8-17/h11-12,19H,2-10H2,1H3. The molecule has 0 aromatic carbocycles. The highest BCUT2D eigenvalue weighted by Gasteiger charge is 2.36. The summed E-state index contributed by atoms with van der Waals surface area (Å²) >= 11 is 0. The molecule has 1 fully saturated rings. The van der Waals surface area contributed by atoms with E-state index in [-0.39, 0.29) is 5.41 Å². The number of rotatable bonds is 3. The Morgan fingerprint density at radius 2 is 2.37 bits per heavy atom. The fourth-order valence-electron chi connectivity index (χ4n) is 3.83. The molecule has 0 radical (unpaired) electrons. The normalized spacial score (nSPS) is 32.2. The number of aliphatic hydroxyl groups excluding tert-OH is 1. The zero-order valence-electron chi connectivity index (χ0n) is 11.8. The van der Waals surface area contributed by atoms with Gasteiger partial charge in [-0.3, -0.25) is 4.90 Å². The molecule has 1 N–H and O–H groups in total. The lowest BCUT2D eigenvalue weighted by Crippen LogP contribution is -2.45. The smallest absolute Gasteiger partial charge is 0.147 e. The minimum absolute atomic E-state index is 0.111. The third kappa shape index (κ3) is 2.67. The first-order valence-electron chi connectivity index (χ1n) is 7.41. The van der Waals surface area contributed by atoms with Gasteiger partial charge in [0.1, 0.15) is 12.2 Å². The lowest BCUT2D eigenvalue weighted by atomic mass is 9.70. The average Bonchev–Trinajstić information content (AvgIpc) is 2.86. The van der Waals surface area contributed by atoms with Gasteiger partial charge in [0.2, 0.25) is 0 Å². The van der Waals surface area contributed by atoms with Crippen molar-refractivity contribution in [3.63, 3.8) is 0 Å². The Morgan fingerprint density at radius 3 is 3.16 bits per heavy atom. The van der Waals surface area contributed by atoms with E-state index in [1.165, 1.54) is 12.8 Å². The van der Waals surface area contributed by atoms with Crippen molar-refractivity contribution in [1.82, 2.24) is 19.7 Å². The summed E-state index contributed by atoms with van der Waals surface area (Å²) in [5.74, 6) is 1.80. The molecular formula is C14H24N4O. The Bertz CT molecular complexity index is 433. The van der Waals surface area contributed by atoms with Crippen LogP contribution in [0.1, 0.15) is 38.4 Å². The summed E-state index contributed by atoms with van der Waals surface area (Å²) in [6.45, 7) is 6.52. The van der Waals surface area contributed by atoms with Gasteiger partial charge in [-0.1, -0.05) is 19.8 Å². The van der Waals surface area contributed by atoms with Gasteiger partial charge in [0.25, 0.3) is 0 Å². The highest BCUT2D eigenvalue weighted by molar-refractivity contribution is 4.93. The fraction of sp³-hybridized carbons (Fsp3) is 0.857. The predicted octanol–water partition coefficient (Wildman–Crippen LogP) is 1.28. The predicted molar refractivity (Wildman–Crippen MR) is 72.4 cm³/mol. The van der Waals surface area contributed by atoms with Crippen LogP contribution in [-0.2, 0) is 13.1 Å². The molecule has 1 aliphatic heterocycles. The van der Waals surface area contributed by atoms with Gasteiger partial charge in [0.15, 0.2) is 0 Å². The summed E-state index contributed by atoms with van der Waals surface area (Å²) in [5.41, 5.74) is 0.111. The van der Waals surface area contributed by atoms with Crippen LogP contribution < -0.4 is 0 Å². The molecule has 2 aliphatic rings. The quantitative estimate of drug-likeness (QED) is 0.893. The molecule has 1 saturated carbocycles. The van der Waals surface area contributed by atoms with E-state index >= 15 is 0 Å². The fourth-order valence-corrected chi connectivity index (χ4v) is 3.83. The van der Waals surface area contributed by atoms with Crippen molar-refractivity contribution in [1.29, 1.82) is 0 Å². The van der Waals surface area contributed by atoms with E-state index in [0.29, 0.717) is 6.61 Å². The first-order chi connectivity index (χ1) is 9.21. The van der Waals surface area contributed by atoms with Crippen molar-refractivity contribution in [2.75, 3.05) is 19.7 Å². The molecule has 0 saturated heterocycles. The van der Waals surface area contributed by atoms with Crippen LogP contribution in [0, 0.1) is 11.3 Å². The Morgan fingerprint density at radius 1 is 1.47 bits per heavy atom. The van der Waals surface area contributed by atoms with Crippen LogP contribution >= 0.6 is 0 Å². The van der Waals surface area contributed by atoms with Crippen LogP contribution in [0.4, 0.5) is 0 Å². The van der Waals surface area contributed by atoms with Gasteiger partial charge in [0, 0.05) is 31.7 Å². The molecule has 1 aliphatic carbocycles. The third-order valence-electron chi connectivity index (χ3n) is 4.80. The first-order valence-corrected chi connectivity index (χ1v) is 7.41. The van der Waals surface area contributed by atoms with Crippen molar-refractivity contribution in [3.05, 3.63) is 12.2 Å². The second-order valence-corrected chi connectivity index (χ2v) is 6.51. The van der Waals surface area contributed by atoms with Gasteiger partial charge in [-0.25, -0.2) is 0 Å². The molecule has 1 aromatic heterocycles. The maximum absolute atomic E-state index is 9.89. The molecule has 0 bridgehead atoms. The van der Waals surface area contributed by atoms with Crippen LogP contribution in [0.15, 0.2) is 6.33 Å². The van der Waals surface area contributed by atoms with Gasteiger partial charge in [-0.2, -0.15) is 0 Å². The van der Waals surface area contributed by atoms with Crippen molar-refractivity contribution in [2.24, 2.45) is 11.3 Å². The monoisotopic (exact) mass is 264 g/mol. The second kappa shape index (κ2) is 5.21. The third-order valence-corrected chi connectivity index (χ3v) is 4.80. The molecule has 1 aromatic rings. The van der Waals surface area contributed by atoms with Crippen LogP contribution in [-0.4, -0.2) is 44.5 Å². The molecule has 0 amide bonds. The van der Waals surface area contributed by atoms with E-state index in [9.17, 15) is 5.11 Å². The minimum atomic E-state index is 0.111. The molecule has 19 heavy (non-hydrogen) atoms. The summed E-state index contributed by atoms with van der Waals surface area (Å²) < 4.78 is 2.13. The zero-order chi connectivity index (χ0) is 13.3. The van der Waals surface area contributed by atoms with Crippen LogP contribution in [0.3, 0.4) is 0 Å². The number of aliphatic hydroxyl groups is 1. The van der Waals surface area contributed by atoms with Crippen molar-refractivity contribution < 1.29 is 5.11 Å². The summed E-state index contributed by atoms with van der Waals surface area (Å²) in [6.07, 6.45) is 6.71. The van der Waals surface area contributed by atoms with Crippen LogP contribution in [0.2, 0.25) is 0 Å². The number of aromatic nitrogens is 3. The van der Waals surface area contributed by atoms with E-state index in [1.54, 1.807) is 0 Å². The summed E-state index contributed by atoms with van der Waals surface area (Å²) in [7, 11) is 0. The summed E-state index contributed by atoms with van der Waals surface area (Å²) in [6, 6.07) is 0.